The third-order valence-corrected chi connectivity index (χ3v) is 4.08. The van der Waals surface area contributed by atoms with Gasteiger partial charge in [0.15, 0.2) is 0 Å². The van der Waals surface area contributed by atoms with Crippen LogP contribution in [0.25, 0.3) is 0 Å². The molecule has 16 heavy (non-hydrogen) atoms. The van der Waals surface area contributed by atoms with Crippen LogP contribution in [0.1, 0.15) is 6.92 Å². The maximum absolute atomic E-state index is 12.0. The standard InChI is InChI=1S/C11H10O4S/c1-8-7-10(15-11(8)12)16(13,14)9-5-3-2-4-6-9/h2-7,10H,1H3. The average molecular weight is 238 g/mol. The van der Waals surface area contributed by atoms with Crippen molar-refractivity contribution in [3.63, 3.8) is 0 Å². The third kappa shape index (κ3) is 1.74. The molecule has 5 heteroatoms. The van der Waals surface area contributed by atoms with Crippen molar-refractivity contribution in [2.75, 3.05) is 0 Å². The van der Waals surface area contributed by atoms with Crippen molar-refractivity contribution < 1.29 is 17.9 Å². The summed E-state index contributed by atoms with van der Waals surface area (Å²) in [5.41, 5.74) is -0.869. The number of carbonyl (C=O) groups excluding carboxylic acids is 1. The molecule has 1 aliphatic heterocycles. The van der Waals surface area contributed by atoms with Crippen LogP contribution < -0.4 is 0 Å². The van der Waals surface area contributed by atoms with Gasteiger partial charge in [-0.25, -0.2) is 13.2 Å². The molecule has 1 unspecified atom stereocenters. The fourth-order valence-electron chi connectivity index (χ4n) is 1.40. The summed E-state index contributed by atoms with van der Waals surface area (Å²) in [4.78, 5) is 11.3. The van der Waals surface area contributed by atoms with Crippen LogP contribution in [0.3, 0.4) is 0 Å². The van der Waals surface area contributed by atoms with Gasteiger partial charge in [0.05, 0.1) is 4.90 Å². The zero-order valence-electron chi connectivity index (χ0n) is 8.58. The van der Waals surface area contributed by atoms with E-state index in [-0.39, 0.29) is 4.90 Å². The highest BCUT2D eigenvalue weighted by Crippen LogP contribution is 2.23. The lowest BCUT2D eigenvalue weighted by Crippen LogP contribution is -2.20. The van der Waals surface area contributed by atoms with Crippen molar-refractivity contribution in [3.8, 4) is 0 Å². The first-order chi connectivity index (χ1) is 7.51. The molecule has 0 saturated carbocycles. The molecular formula is C11H10O4S. The van der Waals surface area contributed by atoms with Crippen LogP contribution in [-0.4, -0.2) is 19.8 Å². The lowest BCUT2D eigenvalue weighted by molar-refractivity contribution is -0.137. The molecule has 1 atom stereocenters. The monoisotopic (exact) mass is 238 g/mol. The van der Waals surface area contributed by atoms with Crippen LogP contribution in [0.2, 0.25) is 0 Å². The van der Waals surface area contributed by atoms with E-state index in [0.29, 0.717) is 5.57 Å². The van der Waals surface area contributed by atoms with Gasteiger partial charge in [0, 0.05) is 5.57 Å². The average Bonchev–Trinajstić information content (AvgIpc) is 2.61. The lowest BCUT2D eigenvalue weighted by atomic mass is 10.3. The van der Waals surface area contributed by atoms with E-state index in [1.165, 1.54) is 25.1 Å². The lowest BCUT2D eigenvalue weighted by Gasteiger charge is -2.09. The Labute approximate surface area is 93.5 Å². The highest BCUT2D eigenvalue weighted by atomic mass is 32.2. The molecule has 0 saturated heterocycles. The number of ether oxygens (including phenoxy) is 1. The molecule has 2 rings (SSSR count). The van der Waals surface area contributed by atoms with Crippen LogP contribution in [0.5, 0.6) is 0 Å². The Morgan fingerprint density at radius 1 is 1.19 bits per heavy atom. The first-order valence-electron chi connectivity index (χ1n) is 4.70. The van der Waals surface area contributed by atoms with Gasteiger partial charge in [0.2, 0.25) is 15.3 Å². The summed E-state index contributed by atoms with van der Waals surface area (Å²) >= 11 is 0. The van der Waals surface area contributed by atoms with E-state index in [1.54, 1.807) is 18.2 Å². The minimum Gasteiger partial charge on any atom is -0.438 e. The van der Waals surface area contributed by atoms with Crippen LogP contribution >= 0.6 is 0 Å². The van der Waals surface area contributed by atoms with Crippen LogP contribution in [0, 0.1) is 0 Å². The summed E-state index contributed by atoms with van der Waals surface area (Å²) in [5, 5.41) is 0. The van der Waals surface area contributed by atoms with Gasteiger partial charge in [0.25, 0.3) is 0 Å². The Hall–Kier alpha value is -1.62. The number of sulfone groups is 1. The molecule has 0 bridgehead atoms. The largest absolute Gasteiger partial charge is 0.438 e. The van der Waals surface area contributed by atoms with E-state index >= 15 is 0 Å². The predicted octanol–water partition coefficient (Wildman–Crippen LogP) is 1.29. The molecule has 0 aliphatic carbocycles. The maximum atomic E-state index is 12.0. The molecular weight excluding hydrogens is 228 g/mol. The van der Waals surface area contributed by atoms with Gasteiger partial charge in [-0.15, -0.1) is 0 Å². The highest BCUT2D eigenvalue weighted by molar-refractivity contribution is 7.92. The Morgan fingerprint density at radius 2 is 1.81 bits per heavy atom. The second-order valence-electron chi connectivity index (χ2n) is 3.48. The maximum Gasteiger partial charge on any atom is 0.335 e. The van der Waals surface area contributed by atoms with E-state index in [9.17, 15) is 13.2 Å². The first-order valence-corrected chi connectivity index (χ1v) is 6.25. The van der Waals surface area contributed by atoms with E-state index in [2.05, 4.69) is 0 Å². The first kappa shape index (κ1) is 10.9. The van der Waals surface area contributed by atoms with Gasteiger partial charge in [-0.05, 0) is 25.1 Å². The van der Waals surface area contributed by atoms with Crippen LogP contribution in [0.15, 0.2) is 46.9 Å². The second kappa shape index (κ2) is 3.75. The summed E-state index contributed by atoms with van der Waals surface area (Å²) in [7, 11) is -3.62. The van der Waals surface area contributed by atoms with Gasteiger partial charge in [0.1, 0.15) is 0 Å². The molecule has 0 spiro atoms. The van der Waals surface area contributed by atoms with E-state index in [0.717, 1.165) is 0 Å². The molecule has 1 heterocycles. The van der Waals surface area contributed by atoms with Crippen molar-refractivity contribution in [2.24, 2.45) is 0 Å². The summed E-state index contributed by atoms with van der Waals surface area (Å²) < 4.78 is 28.8. The van der Waals surface area contributed by atoms with Gasteiger partial charge in [-0.2, -0.15) is 0 Å². The summed E-state index contributed by atoms with van der Waals surface area (Å²) in [5.74, 6) is -0.579. The molecule has 4 nitrogen and oxygen atoms in total. The zero-order valence-corrected chi connectivity index (χ0v) is 9.40. The van der Waals surface area contributed by atoms with Crippen LogP contribution in [-0.2, 0) is 19.4 Å². The smallest absolute Gasteiger partial charge is 0.335 e. The van der Waals surface area contributed by atoms with Gasteiger partial charge < -0.3 is 4.74 Å². The van der Waals surface area contributed by atoms with E-state index < -0.39 is 21.2 Å². The fraction of sp³-hybridized carbons (Fsp3) is 0.182. The van der Waals surface area contributed by atoms with Gasteiger partial charge in [-0.3, -0.25) is 0 Å². The minimum atomic E-state index is -3.62. The normalized spacial score (nSPS) is 20.4. The number of esters is 1. The summed E-state index contributed by atoms with van der Waals surface area (Å²) in [6, 6.07) is 7.93. The predicted molar refractivity (Wildman–Crippen MR) is 57.3 cm³/mol. The topological polar surface area (TPSA) is 60.4 Å². The molecule has 0 radical (unpaired) electrons. The number of cyclic esters (lactones) is 1. The minimum absolute atomic E-state index is 0.152. The van der Waals surface area contributed by atoms with Crippen molar-refractivity contribution in [1.29, 1.82) is 0 Å². The van der Waals surface area contributed by atoms with Crippen molar-refractivity contribution in [2.45, 2.75) is 17.3 Å². The quantitative estimate of drug-likeness (QED) is 0.728. The molecule has 1 aliphatic rings. The molecule has 0 amide bonds. The molecule has 0 N–H and O–H groups in total. The fourth-order valence-corrected chi connectivity index (χ4v) is 2.80. The Balaban J connectivity index is 2.39. The SMILES string of the molecule is CC1=CC(S(=O)(=O)c2ccccc2)OC1=O. The second-order valence-corrected chi connectivity index (χ2v) is 5.51. The molecule has 0 fully saturated rings. The molecule has 1 aromatic carbocycles. The van der Waals surface area contributed by atoms with Crippen LogP contribution in [0.4, 0.5) is 0 Å². The third-order valence-electron chi connectivity index (χ3n) is 2.31. The number of hydrogen-bond donors (Lipinski definition) is 0. The summed E-state index contributed by atoms with van der Waals surface area (Å²) in [6.45, 7) is 1.53. The number of hydrogen-bond acceptors (Lipinski definition) is 4. The molecule has 84 valence electrons. The molecule has 1 aromatic rings. The van der Waals surface area contributed by atoms with E-state index in [4.69, 9.17) is 4.74 Å². The zero-order chi connectivity index (χ0) is 11.8. The number of rotatable bonds is 2. The van der Waals surface area contributed by atoms with Gasteiger partial charge in [-0.1, -0.05) is 18.2 Å². The molecule has 0 aromatic heterocycles. The van der Waals surface area contributed by atoms with E-state index in [1.807, 2.05) is 0 Å². The van der Waals surface area contributed by atoms with Gasteiger partial charge >= 0.3 is 5.97 Å². The Morgan fingerprint density at radius 3 is 2.31 bits per heavy atom. The summed E-state index contributed by atoms with van der Waals surface area (Å²) in [6.07, 6.45) is 1.32. The van der Waals surface area contributed by atoms with Crippen molar-refractivity contribution in [3.05, 3.63) is 42.0 Å². The Kier molecular flexibility index (Phi) is 2.55. The van der Waals surface area contributed by atoms with Crippen molar-refractivity contribution in [1.82, 2.24) is 0 Å². The van der Waals surface area contributed by atoms with Crippen molar-refractivity contribution >= 4 is 15.8 Å². The Bertz CT molecular complexity index is 543. The number of carbonyl (C=O) groups is 1. The highest BCUT2D eigenvalue weighted by Gasteiger charge is 2.34. The number of benzene rings is 1.